The van der Waals surface area contributed by atoms with Gasteiger partial charge in [-0.15, -0.1) is 0 Å². The van der Waals surface area contributed by atoms with Crippen molar-refractivity contribution in [2.45, 2.75) is 11.4 Å². The maximum Gasteiger partial charge on any atom is 0.143 e. The van der Waals surface area contributed by atoms with Crippen LogP contribution in [0, 0.1) is 5.82 Å². The molecule has 0 saturated carbocycles. The summed E-state index contributed by atoms with van der Waals surface area (Å²) in [4.78, 5) is 0.793. The van der Waals surface area contributed by atoms with Crippen LogP contribution in [0.25, 0.3) is 0 Å². The largest absolute Gasteiger partial charge is 0.381 e. The van der Waals surface area contributed by atoms with E-state index < -0.39 is 16.6 Å². The van der Waals surface area contributed by atoms with Crippen molar-refractivity contribution in [3.05, 3.63) is 58.9 Å². The highest BCUT2D eigenvalue weighted by molar-refractivity contribution is 7.84. The zero-order valence-electron chi connectivity index (χ0n) is 10.3. The Labute approximate surface area is 119 Å². The molecule has 2 nitrogen and oxygen atoms in total. The normalized spacial score (nSPS) is 12.2. The summed E-state index contributed by atoms with van der Waals surface area (Å²) in [5.74, 6) is -0.441. The van der Waals surface area contributed by atoms with Crippen molar-refractivity contribution in [3.8, 4) is 0 Å². The summed E-state index contributed by atoms with van der Waals surface area (Å²) in [6.07, 6.45) is 1.64. The zero-order chi connectivity index (χ0) is 13.8. The lowest BCUT2D eigenvalue weighted by Gasteiger charge is -2.07. The maximum atomic E-state index is 13.2. The van der Waals surface area contributed by atoms with E-state index in [0.717, 1.165) is 10.5 Å². The quantitative estimate of drug-likeness (QED) is 0.929. The van der Waals surface area contributed by atoms with Gasteiger partial charge in [0.2, 0.25) is 0 Å². The molecule has 0 aliphatic rings. The Balaban J connectivity index is 2.01. The molecule has 1 N–H and O–H groups in total. The third-order valence-electron chi connectivity index (χ3n) is 2.67. The summed E-state index contributed by atoms with van der Waals surface area (Å²) < 4.78 is 24.5. The molecule has 0 bridgehead atoms. The van der Waals surface area contributed by atoms with Gasteiger partial charge in [0.25, 0.3) is 0 Å². The number of rotatable bonds is 4. The second-order valence-corrected chi connectivity index (χ2v) is 5.87. The molecular formula is C14H13ClFNOS. The molecule has 2 rings (SSSR count). The van der Waals surface area contributed by atoms with Crippen LogP contribution in [0.4, 0.5) is 10.1 Å². The number of hydrogen-bond donors (Lipinski definition) is 1. The number of hydrogen-bond acceptors (Lipinski definition) is 2. The first-order chi connectivity index (χ1) is 9.06. The Bertz CT molecular complexity index is 601. The Morgan fingerprint density at radius 3 is 2.47 bits per heavy atom. The van der Waals surface area contributed by atoms with Gasteiger partial charge in [0, 0.05) is 34.2 Å². The molecule has 0 aliphatic carbocycles. The highest BCUT2D eigenvalue weighted by Gasteiger charge is 2.01. The van der Waals surface area contributed by atoms with E-state index in [4.69, 9.17) is 11.6 Å². The molecule has 0 fully saturated rings. The van der Waals surface area contributed by atoms with Gasteiger partial charge in [0.15, 0.2) is 0 Å². The zero-order valence-corrected chi connectivity index (χ0v) is 11.9. The fourth-order valence-electron chi connectivity index (χ4n) is 1.61. The second kappa shape index (κ2) is 6.17. The molecule has 2 aromatic rings. The van der Waals surface area contributed by atoms with Gasteiger partial charge in [0.1, 0.15) is 5.82 Å². The van der Waals surface area contributed by atoms with Gasteiger partial charge in [0.05, 0.1) is 5.02 Å². The van der Waals surface area contributed by atoms with Gasteiger partial charge in [-0.2, -0.15) is 0 Å². The first-order valence-corrected chi connectivity index (χ1v) is 7.61. The average Bonchev–Trinajstić information content (AvgIpc) is 2.40. The summed E-state index contributed by atoms with van der Waals surface area (Å²) >= 11 is 5.61. The van der Waals surface area contributed by atoms with E-state index >= 15 is 0 Å². The first kappa shape index (κ1) is 14.0. The van der Waals surface area contributed by atoms with Gasteiger partial charge < -0.3 is 5.32 Å². The van der Waals surface area contributed by atoms with E-state index in [2.05, 4.69) is 5.32 Å². The van der Waals surface area contributed by atoms with E-state index in [1.807, 2.05) is 24.3 Å². The van der Waals surface area contributed by atoms with Crippen LogP contribution in [-0.4, -0.2) is 10.5 Å². The van der Waals surface area contributed by atoms with Gasteiger partial charge >= 0.3 is 0 Å². The minimum absolute atomic E-state index is 0.111. The fourth-order valence-corrected chi connectivity index (χ4v) is 2.25. The van der Waals surface area contributed by atoms with Gasteiger partial charge in [-0.1, -0.05) is 23.7 Å². The molecule has 0 radical (unpaired) electrons. The van der Waals surface area contributed by atoms with Crippen molar-refractivity contribution in [2.24, 2.45) is 0 Å². The molecule has 0 saturated heterocycles. The molecule has 2 aromatic carbocycles. The molecule has 100 valence electrons. The lowest BCUT2D eigenvalue weighted by Crippen LogP contribution is -2.00. The molecule has 5 heteroatoms. The molecule has 0 unspecified atom stereocenters. The fraction of sp³-hybridized carbons (Fsp3) is 0.143. The van der Waals surface area contributed by atoms with Crippen LogP contribution in [-0.2, 0) is 17.3 Å². The molecule has 19 heavy (non-hydrogen) atoms. The van der Waals surface area contributed by atoms with Crippen molar-refractivity contribution < 1.29 is 8.60 Å². The lowest BCUT2D eigenvalue weighted by atomic mass is 10.2. The number of nitrogens with one attached hydrogen (secondary N) is 1. The van der Waals surface area contributed by atoms with E-state index in [0.29, 0.717) is 12.2 Å². The van der Waals surface area contributed by atoms with Gasteiger partial charge in [-0.3, -0.25) is 4.21 Å². The van der Waals surface area contributed by atoms with Crippen LogP contribution in [0.2, 0.25) is 5.02 Å². The summed E-state index contributed by atoms with van der Waals surface area (Å²) in [6, 6.07) is 12.1. The molecular weight excluding hydrogens is 285 g/mol. The molecule has 0 aliphatic heterocycles. The molecule has 0 aromatic heterocycles. The van der Waals surface area contributed by atoms with Crippen molar-refractivity contribution in [1.82, 2.24) is 0 Å². The molecule has 0 amide bonds. The van der Waals surface area contributed by atoms with Crippen molar-refractivity contribution >= 4 is 28.1 Å². The maximum absolute atomic E-state index is 13.2. The van der Waals surface area contributed by atoms with Gasteiger partial charge in [-0.05, 0) is 35.9 Å². The topological polar surface area (TPSA) is 29.1 Å². The third-order valence-corrected chi connectivity index (χ3v) is 3.91. The smallest absolute Gasteiger partial charge is 0.143 e. The minimum Gasteiger partial charge on any atom is -0.381 e. The summed E-state index contributed by atoms with van der Waals surface area (Å²) in [5.41, 5.74) is 1.70. The van der Waals surface area contributed by atoms with E-state index in [1.54, 1.807) is 12.3 Å². The van der Waals surface area contributed by atoms with Crippen molar-refractivity contribution in [2.75, 3.05) is 11.6 Å². The van der Waals surface area contributed by atoms with Crippen LogP contribution in [0.5, 0.6) is 0 Å². The average molecular weight is 298 g/mol. The molecule has 1 atom stereocenters. The van der Waals surface area contributed by atoms with Crippen LogP contribution < -0.4 is 5.32 Å². The number of anilines is 1. The summed E-state index contributed by atoms with van der Waals surface area (Å²) in [5, 5.41) is 3.21. The number of benzene rings is 2. The predicted molar refractivity (Wildman–Crippen MR) is 77.5 cm³/mol. The SMILES string of the molecule is C[S@](=O)c1ccc(CNc2ccc(Cl)c(F)c2)cc1. The summed E-state index contributed by atoms with van der Waals surface area (Å²) in [6.45, 7) is 0.567. The highest BCUT2D eigenvalue weighted by Crippen LogP contribution is 2.19. The van der Waals surface area contributed by atoms with E-state index in [1.165, 1.54) is 12.1 Å². The Morgan fingerprint density at radius 1 is 1.21 bits per heavy atom. The van der Waals surface area contributed by atoms with E-state index in [9.17, 15) is 8.60 Å². The monoisotopic (exact) mass is 297 g/mol. The Kier molecular flexibility index (Phi) is 4.56. The van der Waals surface area contributed by atoms with Crippen molar-refractivity contribution in [1.29, 1.82) is 0 Å². The van der Waals surface area contributed by atoms with E-state index in [-0.39, 0.29) is 5.02 Å². The van der Waals surface area contributed by atoms with Gasteiger partial charge in [-0.25, -0.2) is 4.39 Å². The van der Waals surface area contributed by atoms with Crippen LogP contribution >= 0.6 is 11.6 Å². The van der Waals surface area contributed by atoms with Crippen molar-refractivity contribution in [3.63, 3.8) is 0 Å². The highest BCUT2D eigenvalue weighted by atomic mass is 35.5. The third kappa shape index (κ3) is 3.78. The second-order valence-electron chi connectivity index (χ2n) is 4.08. The standard InChI is InChI=1S/C14H13ClFNOS/c1-19(18)12-5-2-10(3-6-12)9-17-11-4-7-13(15)14(16)8-11/h2-8,17H,9H2,1H3/t19-/m0/s1. The lowest BCUT2D eigenvalue weighted by molar-refractivity contribution is 0.628. The van der Waals surface area contributed by atoms with Crippen LogP contribution in [0.15, 0.2) is 47.4 Å². The number of halogens is 2. The van der Waals surface area contributed by atoms with Crippen LogP contribution in [0.1, 0.15) is 5.56 Å². The predicted octanol–water partition coefficient (Wildman–Crippen LogP) is 3.83. The first-order valence-electron chi connectivity index (χ1n) is 5.67. The minimum atomic E-state index is -0.968. The Hall–Kier alpha value is -1.39. The van der Waals surface area contributed by atoms with Crippen LogP contribution in [0.3, 0.4) is 0 Å². The molecule has 0 heterocycles. The summed E-state index contributed by atoms with van der Waals surface area (Å²) in [7, 11) is -0.968. The Morgan fingerprint density at radius 2 is 1.89 bits per heavy atom. The molecule has 0 spiro atoms.